The van der Waals surface area contributed by atoms with Crippen molar-refractivity contribution in [3.63, 3.8) is 0 Å². The Morgan fingerprint density at radius 1 is 1.11 bits per heavy atom. The summed E-state index contributed by atoms with van der Waals surface area (Å²) in [5.41, 5.74) is 4.78. The molecule has 0 unspecified atom stereocenters. The van der Waals surface area contributed by atoms with Gasteiger partial charge in [0.1, 0.15) is 0 Å². The summed E-state index contributed by atoms with van der Waals surface area (Å²) in [5.74, 6) is 0.436. The Morgan fingerprint density at radius 2 is 1.81 bits per heavy atom. The topological polar surface area (TPSA) is 42.3 Å². The number of nitrogens with zero attached hydrogens (tertiary/aromatic N) is 2. The van der Waals surface area contributed by atoms with Crippen molar-refractivity contribution in [3.05, 3.63) is 75.6 Å². The minimum atomic E-state index is -0.0360. The van der Waals surface area contributed by atoms with E-state index in [9.17, 15) is 9.59 Å². The first-order valence-electron chi connectivity index (χ1n) is 9.52. The zero-order chi connectivity index (χ0) is 19.1. The van der Waals surface area contributed by atoms with Crippen molar-refractivity contribution in [2.45, 2.75) is 39.2 Å². The first-order chi connectivity index (χ1) is 13.0. The molecule has 0 radical (unpaired) electrons. The fraction of sp³-hybridized carbons (Fsp3) is 0.304. The Bertz CT molecular complexity index is 1080. The Morgan fingerprint density at radius 3 is 2.44 bits per heavy atom. The van der Waals surface area contributed by atoms with Gasteiger partial charge in [-0.1, -0.05) is 17.7 Å². The molecule has 1 saturated carbocycles. The fourth-order valence-corrected chi connectivity index (χ4v) is 3.67. The van der Waals surface area contributed by atoms with Crippen LogP contribution in [0.25, 0.3) is 10.9 Å². The van der Waals surface area contributed by atoms with Gasteiger partial charge >= 0.3 is 0 Å². The Labute approximate surface area is 159 Å². The standard InChI is InChI=1S/C23H24N2O2/c1-4-25-21-12-11-18(13-20(21)19(14-22(25)26)16-9-10-16)24(3)23(27)17-7-5-15(2)6-8-17/h5-8,11-14,16H,4,9-10H2,1-3H3. The van der Waals surface area contributed by atoms with E-state index in [0.29, 0.717) is 18.0 Å². The van der Waals surface area contributed by atoms with E-state index in [-0.39, 0.29) is 11.5 Å². The van der Waals surface area contributed by atoms with Gasteiger partial charge in [0, 0.05) is 36.3 Å². The van der Waals surface area contributed by atoms with Gasteiger partial charge < -0.3 is 9.47 Å². The Hall–Kier alpha value is -2.88. The molecule has 2 aromatic carbocycles. The van der Waals surface area contributed by atoms with E-state index in [1.165, 1.54) is 0 Å². The largest absolute Gasteiger partial charge is 0.311 e. The monoisotopic (exact) mass is 360 g/mol. The third-order valence-corrected chi connectivity index (χ3v) is 5.45. The number of aryl methyl sites for hydroxylation is 2. The molecule has 138 valence electrons. The van der Waals surface area contributed by atoms with E-state index in [2.05, 4.69) is 6.07 Å². The molecule has 0 atom stereocenters. The van der Waals surface area contributed by atoms with Gasteiger partial charge in [-0.15, -0.1) is 0 Å². The number of anilines is 1. The van der Waals surface area contributed by atoms with Crippen LogP contribution in [-0.2, 0) is 6.54 Å². The number of fused-ring (bicyclic) bond motifs is 1. The summed E-state index contributed by atoms with van der Waals surface area (Å²) < 4.78 is 1.80. The molecule has 0 saturated heterocycles. The number of amides is 1. The van der Waals surface area contributed by atoms with Crippen LogP contribution in [0.1, 0.15) is 47.2 Å². The molecule has 1 amide bonds. The van der Waals surface area contributed by atoms with Gasteiger partial charge in [0.25, 0.3) is 11.5 Å². The van der Waals surface area contributed by atoms with Crippen LogP contribution in [0.5, 0.6) is 0 Å². The molecule has 27 heavy (non-hydrogen) atoms. The van der Waals surface area contributed by atoms with Gasteiger partial charge in [-0.25, -0.2) is 0 Å². The number of carbonyl (C=O) groups is 1. The molecule has 1 fully saturated rings. The van der Waals surface area contributed by atoms with Gasteiger partial charge in [0.05, 0.1) is 5.52 Å². The van der Waals surface area contributed by atoms with Crippen molar-refractivity contribution in [1.82, 2.24) is 4.57 Å². The second-order valence-electron chi connectivity index (χ2n) is 7.39. The molecular weight excluding hydrogens is 336 g/mol. The van der Waals surface area contributed by atoms with Crippen LogP contribution in [-0.4, -0.2) is 17.5 Å². The van der Waals surface area contributed by atoms with E-state index < -0.39 is 0 Å². The number of carbonyl (C=O) groups excluding carboxylic acids is 1. The number of hydrogen-bond donors (Lipinski definition) is 0. The molecule has 1 aliphatic carbocycles. The molecule has 0 spiro atoms. The highest BCUT2D eigenvalue weighted by atomic mass is 16.2. The van der Waals surface area contributed by atoms with Crippen LogP contribution in [0.3, 0.4) is 0 Å². The summed E-state index contributed by atoms with van der Waals surface area (Å²) in [6.07, 6.45) is 2.26. The van der Waals surface area contributed by atoms with Crippen LogP contribution < -0.4 is 10.5 Å². The molecular formula is C23H24N2O2. The van der Waals surface area contributed by atoms with Gasteiger partial charge in [0.15, 0.2) is 0 Å². The lowest BCUT2D eigenvalue weighted by molar-refractivity contribution is 0.0993. The van der Waals surface area contributed by atoms with Crippen molar-refractivity contribution in [3.8, 4) is 0 Å². The molecule has 1 heterocycles. The normalized spacial score (nSPS) is 13.7. The maximum atomic E-state index is 12.9. The number of aromatic nitrogens is 1. The molecule has 4 nitrogen and oxygen atoms in total. The molecule has 4 rings (SSSR count). The second-order valence-corrected chi connectivity index (χ2v) is 7.39. The molecule has 0 N–H and O–H groups in total. The SMILES string of the molecule is CCn1c(=O)cc(C2CC2)c2cc(N(C)C(=O)c3ccc(C)cc3)ccc21. The number of benzene rings is 2. The van der Waals surface area contributed by atoms with Gasteiger partial charge in [-0.2, -0.15) is 0 Å². The fourth-order valence-electron chi connectivity index (χ4n) is 3.67. The predicted octanol–water partition coefficient (Wildman–Crippen LogP) is 4.48. The molecule has 0 aliphatic heterocycles. The van der Waals surface area contributed by atoms with Gasteiger partial charge in [-0.05, 0) is 68.5 Å². The summed E-state index contributed by atoms with van der Waals surface area (Å²) in [6.45, 7) is 4.63. The van der Waals surface area contributed by atoms with Crippen LogP contribution >= 0.6 is 0 Å². The molecule has 1 aromatic heterocycles. The average Bonchev–Trinajstić information content (AvgIpc) is 3.51. The first kappa shape index (κ1) is 17.5. The number of pyridine rings is 1. The van der Waals surface area contributed by atoms with E-state index in [1.54, 1.807) is 22.6 Å². The lowest BCUT2D eigenvalue weighted by atomic mass is 10.0. The van der Waals surface area contributed by atoms with Gasteiger partial charge in [-0.3, -0.25) is 9.59 Å². The Balaban J connectivity index is 1.79. The summed E-state index contributed by atoms with van der Waals surface area (Å²) >= 11 is 0. The molecule has 0 bridgehead atoms. The first-order valence-corrected chi connectivity index (χ1v) is 9.52. The second kappa shape index (κ2) is 6.69. The van der Waals surface area contributed by atoms with Crippen molar-refractivity contribution in [1.29, 1.82) is 0 Å². The average molecular weight is 360 g/mol. The van der Waals surface area contributed by atoms with Crippen molar-refractivity contribution in [2.24, 2.45) is 0 Å². The minimum Gasteiger partial charge on any atom is -0.311 e. The number of hydrogen-bond acceptors (Lipinski definition) is 2. The summed E-state index contributed by atoms with van der Waals surface area (Å²) in [6, 6.07) is 15.4. The van der Waals surface area contributed by atoms with E-state index in [4.69, 9.17) is 0 Å². The lowest BCUT2D eigenvalue weighted by Crippen LogP contribution is -2.26. The highest BCUT2D eigenvalue weighted by molar-refractivity contribution is 6.06. The maximum absolute atomic E-state index is 12.9. The van der Waals surface area contributed by atoms with E-state index in [1.807, 2.05) is 50.2 Å². The Kier molecular flexibility index (Phi) is 4.34. The van der Waals surface area contributed by atoms with Crippen LogP contribution in [0.2, 0.25) is 0 Å². The highest BCUT2D eigenvalue weighted by Gasteiger charge is 2.27. The van der Waals surface area contributed by atoms with Crippen molar-refractivity contribution >= 4 is 22.5 Å². The summed E-state index contributed by atoms with van der Waals surface area (Å²) in [7, 11) is 1.80. The predicted molar refractivity (Wildman–Crippen MR) is 110 cm³/mol. The van der Waals surface area contributed by atoms with Gasteiger partial charge in [0.2, 0.25) is 0 Å². The minimum absolute atomic E-state index is 0.0360. The third kappa shape index (κ3) is 3.16. The summed E-state index contributed by atoms with van der Waals surface area (Å²) in [5, 5.41) is 1.08. The highest BCUT2D eigenvalue weighted by Crippen LogP contribution is 2.43. The number of rotatable bonds is 4. The smallest absolute Gasteiger partial charge is 0.258 e. The lowest BCUT2D eigenvalue weighted by Gasteiger charge is -2.20. The molecule has 1 aliphatic rings. The molecule has 4 heteroatoms. The molecule has 3 aromatic rings. The van der Waals surface area contributed by atoms with Crippen molar-refractivity contribution in [2.75, 3.05) is 11.9 Å². The maximum Gasteiger partial charge on any atom is 0.258 e. The summed E-state index contributed by atoms with van der Waals surface area (Å²) in [4.78, 5) is 27.0. The third-order valence-electron chi connectivity index (χ3n) is 5.45. The van der Waals surface area contributed by atoms with E-state index in [0.717, 1.165) is 40.6 Å². The zero-order valence-corrected chi connectivity index (χ0v) is 16.0. The zero-order valence-electron chi connectivity index (χ0n) is 16.0. The van der Waals surface area contributed by atoms with Crippen LogP contribution in [0, 0.1) is 6.92 Å². The van der Waals surface area contributed by atoms with Crippen molar-refractivity contribution < 1.29 is 4.79 Å². The van der Waals surface area contributed by atoms with Crippen LogP contribution in [0.4, 0.5) is 5.69 Å². The van der Waals surface area contributed by atoms with E-state index >= 15 is 0 Å². The van der Waals surface area contributed by atoms with Crippen LogP contribution in [0.15, 0.2) is 53.3 Å². The quantitative estimate of drug-likeness (QED) is 0.688.